The minimum absolute atomic E-state index is 0.110. The number of thiazole rings is 1. The van der Waals surface area contributed by atoms with Gasteiger partial charge in [-0.1, -0.05) is 96.3 Å². The number of benzene rings is 4. The summed E-state index contributed by atoms with van der Waals surface area (Å²) in [7, 11) is 0. The Bertz CT molecular complexity index is 2430. The lowest BCUT2D eigenvalue weighted by Gasteiger charge is -2.24. The molecule has 0 amide bonds. The fourth-order valence-corrected chi connectivity index (χ4v) is 7.57. The van der Waals surface area contributed by atoms with E-state index in [-0.39, 0.29) is 19.0 Å². The van der Waals surface area contributed by atoms with Crippen LogP contribution in [0.2, 0.25) is 0 Å². The van der Waals surface area contributed by atoms with E-state index >= 15 is 0 Å². The van der Waals surface area contributed by atoms with Crippen LogP contribution in [-0.4, -0.2) is 28.5 Å². The zero-order chi connectivity index (χ0) is 33.5. The molecule has 4 aromatic carbocycles. The summed E-state index contributed by atoms with van der Waals surface area (Å²) in [4.78, 5) is 33.3. The van der Waals surface area contributed by atoms with E-state index in [1.54, 1.807) is 24.5 Å². The van der Waals surface area contributed by atoms with Crippen molar-refractivity contribution in [3.63, 3.8) is 0 Å². The summed E-state index contributed by atoms with van der Waals surface area (Å²) in [6, 6.07) is 37.5. The van der Waals surface area contributed by atoms with Crippen molar-refractivity contribution in [1.29, 1.82) is 0 Å². The van der Waals surface area contributed by atoms with E-state index in [9.17, 15) is 9.59 Å². The van der Waals surface area contributed by atoms with E-state index in [1.807, 2.05) is 72.8 Å². The quantitative estimate of drug-likeness (QED) is 0.178. The molecule has 0 saturated heterocycles. The third-order valence-electron chi connectivity index (χ3n) is 8.68. The van der Waals surface area contributed by atoms with Crippen molar-refractivity contribution in [3.05, 3.63) is 157 Å². The normalized spacial score (nSPS) is 15.2. The number of aromatic nitrogens is 2. The Morgan fingerprint density at radius 3 is 2.29 bits per heavy atom. The molecule has 4 heterocycles. The van der Waals surface area contributed by atoms with Gasteiger partial charge in [-0.15, -0.1) is 0 Å². The molecule has 242 valence electrons. The van der Waals surface area contributed by atoms with Gasteiger partial charge in [-0.2, -0.15) is 0 Å². The minimum atomic E-state index is -0.769. The third-order valence-corrected chi connectivity index (χ3v) is 9.66. The fourth-order valence-electron chi connectivity index (χ4n) is 6.53. The van der Waals surface area contributed by atoms with Crippen LogP contribution in [0.15, 0.2) is 136 Å². The first-order valence-corrected chi connectivity index (χ1v) is 16.8. The van der Waals surface area contributed by atoms with Crippen molar-refractivity contribution in [2.45, 2.75) is 19.9 Å². The number of carbonyl (C=O) groups excluding carboxylic acids is 1. The van der Waals surface area contributed by atoms with Gasteiger partial charge in [0.25, 0.3) is 5.56 Å². The van der Waals surface area contributed by atoms with E-state index in [2.05, 4.69) is 47.0 Å². The van der Waals surface area contributed by atoms with Gasteiger partial charge in [-0.3, -0.25) is 9.36 Å². The minimum Gasteiger partial charge on any atom is -0.463 e. The number of hydrogen-bond acceptors (Lipinski definition) is 7. The van der Waals surface area contributed by atoms with Gasteiger partial charge >= 0.3 is 5.97 Å². The number of nitrogens with zero attached hydrogens (tertiary/aromatic N) is 3. The second-order valence-electron chi connectivity index (χ2n) is 11.7. The highest BCUT2D eigenvalue weighted by atomic mass is 32.1. The molecule has 49 heavy (non-hydrogen) atoms. The Balaban J connectivity index is 1.38. The van der Waals surface area contributed by atoms with Crippen LogP contribution in [0.5, 0.6) is 11.5 Å². The summed E-state index contributed by atoms with van der Waals surface area (Å²) in [6.45, 7) is 3.84. The molecular formula is C40H31N3O5S. The lowest BCUT2D eigenvalue weighted by Crippen LogP contribution is -2.39. The van der Waals surface area contributed by atoms with Crippen LogP contribution in [0.3, 0.4) is 0 Å². The predicted octanol–water partition coefficient (Wildman–Crippen LogP) is 6.65. The van der Waals surface area contributed by atoms with Crippen LogP contribution in [0, 0.1) is 0 Å². The molecule has 0 aliphatic carbocycles. The highest BCUT2D eigenvalue weighted by Crippen LogP contribution is 2.39. The number of esters is 1. The number of ether oxygens (including phenoxy) is 3. The SMILES string of the molecule is CCOC(=O)C1=C(C)N=c2s/c(=C\c3cc(-c4ccccc4)n(-c4ccccc4)c3-c3ccccc3)c(=O)n2[C@@H]1c1ccc2c(c1)OCO2. The van der Waals surface area contributed by atoms with Gasteiger partial charge < -0.3 is 18.8 Å². The maximum Gasteiger partial charge on any atom is 0.338 e. The van der Waals surface area contributed by atoms with Crippen molar-refractivity contribution in [2.75, 3.05) is 13.4 Å². The number of fused-ring (bicyclic) bond motifs is 2. The first-order chi connectivity index (χ1) is 24.0. The Labute approximate surface area is 286 Å². The maximum absolute atomic E-state index is 14.6. The molecule has 2 aliphatic heterocycles. The summed E-state index contributed by atoms with van der Waals surface area (Å²) in [5.41, 5.74) is 7.11. The number of rotatable bonds is 7. The molecule has 0 saturated carbocycles. The Hall–Kier alpha value is -5.93. The van der Waals surface area contributed by atoms with Gasteiger partial charge in [-0.25, -0.2) is 9.79 Å². The molecule has 8 nitrogen and oxygen atoms in total. The molecule has 0 radical (unpaired) electrons. The molecule has 2 aromatic heterocycles. The molecule has 9 heteroatoms. The van der Waals surface area contributed by atoms with Crippen molar-refractivity contribution in [2.24, 2.45) is 4.99 Å². The Kier molecular flexibility index (Phi) is 7.81. The van der Waals surface area contributed by atoms with Crippen molar-refractivity contribution >= 4 is 23.4 Å². The van der Waals surface area contributed by atoms with Gasteiger partial charge in [-0.05, 0) is 66.9 Å². The Morgan fingerprint density at radius 1 is 0.898 bits per heavy atom. The van der Waals surface area contributed by atoms with Gasteiger partial charge in [0.05, 0.1) is 39.8 Å². The smallest absolute Gasteiger partial charge is 0.338 e. The van der Waals surface area contributed by atoms with Crippen molar-refractivity contribution < 1.29 is 19.0 Å². The molecule has 0 spiro atoms. The van der Waals surface area contributed by atoms with Crippen LogP contribution >= 0.6 is 11.3 Å². The van der Waals surface area contributed by atoms with Crippen LogP contribution in [0.4, 0.5) is 0 Å². The van der Waals surface area contributed by atoms with Gasteiger partial charge in [0.2, 0.25) is 6.79 Å². The largest absolute Gasteiger partial charge is 0.463 e. The average molecular weight is 666 g/mol. The lowest BCUT2D eigenvalue weighted by atomic mass is 9.95. The number of allylic oxidation sites excluding steroid dienone is 1. The second-order valence-corrected chi connectivity index (χ2v) is 12.7. The summed E-state index contributed by atoms with van der Waals surface area (Å²) >= 11 is 1.30. The van der Waals surface area contributed by atoms with Crippen LogP contribution in [0.1, 0.15) is 31.0 Å². The monoisotopic (exact) mass is 665 g/mol. The van der Waals surface area contributed by atoms with Gasteiger partial charge in [0.15, 0.2) is 16.3 Å². The van der Waals surface area contributed by atoms with Crippen molar-refractivity contribution in [1.82, 2.24) is 9.13 Å². The molecule has 0 fully saturated rings. The maximum atomic E-state index is 14.6. The molecule has 8 rings (SSSR count). The number of para-hydroxylation sites is 1. The fraction of sp³-hybridized carbons (Fsp3) is 0.125. The first kappa shape index (κ1) is 30.4. The molecular weight excluding hydrogens is 635 g/mol. The summed E-state index contributed by atoms with van der Waals surface area (Å²) in [5.74, 6) is 0.653. The molecule has 0 N–H and O–H groups in total. The van der Waals surface area contributed by atoms with E-state index in [0.29, 0.717) is 37.7 Å². The van der Waals surface area contributed by atoms with E-state index in [0.717, 1.165) is 33.8 Å². The second kappa shape index (κ2) is 12.6. The molecule has 2 aliphatic rings. The zero-order valence-electron chi connectivity index (χ0n) is 26.8. The number of carbonyl (C=O) groups is 1. The van der Waals surface area contributed by atoms with Gasteiger partial charge in [0, 0.05) is 11.3 Å². The molecule has 0 unspecified atom stereocenters. The van der Waals surface area contributed by atoms with Crippen LogP contribution in [0.25, 0.3) is 34.3 Å². The van der Waals surface area contributed by atoms with Crippen molar-refractivity contribution in [3.8, 4) is 39.7 Å². The van der Waals surface area contributed by atoms with E-state index in [4.69, 9.17) is 19.2 Å². The predicted molar refractivity (Wildman–Crippen MR) is 190 cm³/mol. The molecule has 0 bridgehead atoms. The van der Waals surface area contributed by atoms with E-state index in [1.165, 1.54) is 11.3 Å². The third kappa shape index (κ3) is 5.38. The van der Waals surface area contributed by atoms with Crippen LogP contribution in [-0.2, 0) is 9.53 Å². The molecule has 6 aromatic rings. The average Bonchev–Trinajstić information content (AvgIpc) is 3.84. The van der Waals surface area contributed by atoms with Gasteiger partial charge in [0.1, 0.15) is 0 Å². The first-order valence-electron chi connectivity index (χ1n) is 16.0. The zero-order valence-corrected chi connectivity index (χ0v) is 27.6. The van der Waals surface area contributed by atoms with E-state index < -0.39 is 12.0 Å². The summed E-state index contributed by atoms with van der Waals surface area (Å²) < 4.78 is 21.0. The topological polar surface area (TPSA) is 84.1 Å². The van der Waals surface area contributed by atoms with Crippen LogP contribution < -0.4 is 24.4 Å². The standard InChI is InChI=1S/C40H31N3O5S/c1-3-46-39(45)35-25(2)41-40-43(37(35)28-19-20-32-33(22-28)48-24-47-32)38(44)34(49-40)23-29-21-31(26-13-7-4-8-14-26)42(30-17-11-6-12-18-30)36(29)27-15-9-5-10-16-27/h4-23,37H,3,24H2,1-2H3/b34-23-/t37-/m1/s1. The summed E-state index contributed by atoms with van der Waals surface area (Å²) in [5, 5.41) is 0. The highest BCUT2D eigenvalue weighted by molar-refractivity contribution is 7.07. The summed E-state index contributed by atoms with van der Waals surface area (Å²) in [6.07, 6.45) is 1.94. The lowest BCUT2D eigenvalue weighted by molar-refractivity contribution is -0.139. The highest BCUT2D eigenvalue weighted by Gasteiger charge is 2.34. The molecule has 1 atom stereocenters. The number of hydrogen-bond donors (Lipinski definition) is 0. The Morgan fingerprint density at radius 2 is 1.57 bits per heavy atom.